The van der Waals surface area contributed by atoms with Crippen LogP contribution in [0.4, 0.5) is 9.18 Å². The highest BCUT2D eigenvalue weighted by Crippen LogP contribution is 2.01. The van der Waals surface area contributed by atoms with Crippen LogP contribution in [0.1, 0.15) is 19.0 Å². The topological polar surface area (TPSA) is 74.2 Å². The number of hydrogen-bond donors (Lipinski definition) is 3. The van der Waals surface area contributed by atoms with E-state index in [0.29, 0.717) is 6.42 Å². The minimum Gasteiger partial charge on any atom is -0.396 e. The lowest BCUT2D eigenvalue weighted by atomic mass is 10.2. The van der Waals surface area contributed by atoms with Crippen molar-refractivity contribution in [1.82, 2.24) is 15.6 Å². The van der Waals surface area contributed by atoms with Crippen LogP contribution in [0.2, 0.25) is 0 Å². The zero-order valence-electron chi connectivity index (χ0n) is 9.61. The minimum atomic E-state index is -0.448. The van der Waals surface area contributed by atoms with E-state index in [9.17, 15) is 9.18 Å². The number of aliphatic hydroxyl groups is 1. The molecule has 1 aromatic heterocycles. The molecule has 2 amide bonds. The van der Waals surface area contributed by atoms with Gasteiger partial charge in [0.2, 0.25) is 0 Å². The summed E-state index contributed by atoms with van der Waals surface area (Å²) in [6.45, 7) is 1.82. The second-order valence-electron chi connectivity index (χ2n) is 3.67. The van der Waals surface area contributed by atoms with Gasteiger partial charge >= 0.3 is 6.03 Å². The first-order chi connectivity index (χ1) is 8.13. The predicted octanol–water partition coefficient (Wildman–Crippen LogP) is 0.791. The van der Waals surface area contributed by atoms with E-state index in [2.05, 4.69) is 15.6 Å². The van der Waals surface area contributed by atoms with Gasteiger partial charge in [-0.2, -0.15) is 0 Å². The molecular formula is C11H16FN3O2. The van der Waals surface area contributed by atoms with Crippen LogP contribution in [-0.2, 0) is 6.54 Å². The van der Waals surface area contributed by atoms with Gasteiger partial charge in [-0.3, -0.25) is 4.98 Å². The van der Waals surface area contributed by atoms with Crippen LogP contribution < -0.4 is 10.6 Å². The van der Waals surface area contributed by atoms with Crippen molar-refractivity contribution in [3.8, 4) is 0 Å². The second kappa shape index (κ2) is 6.80. The molecule has 0 bridgehead atoms. The molecule has 0 radical (unpaired) electrons. The van der Waals surface area contributed by atoms with Crippen LogP contribution in [0, 0.1) is 5.82 Å². The molecule has 0 unspecified atom stereocenters. The molecule has 0 fully saturated rings. The SMILES string of the molecule is C[C@H](CCO)NC(=O)NCc1ncccc1F. The third kappa shape index (κ3) is 4.78. The van der Waals surface area contributed by atoms with Gasteiger partial charge in [-0.1, -0.05) is 0 Å². The van der Waals surface area contributed by atoms with Gasteiger partial charge in [0.25, 0.3) is 0 Å². The van der Waals surface area contributed by atoms with Gasteiger partial charge in [-0.05, 0) is 25.5 Å². The number of nitrogens with one attached hydrogen (secondary N) is 2. The number of aromatic nitrogens is 1. The number of carbonyl (C=O) groups is 1. The fraction of sp³-hybridized carbons (Fsp3) is 0.455. The van der Waals surface area contributed by atoms with Gasteiger partial charge in [0, 0.05) is 18.8 Å². The van der Waals surface area contributed by atoms with Crippen LogP contribution in [-0.4, -0.2) is 28.8 Å². The van der Waals surface area contributed by atoms with E-state index >= 15 is 0 Å². The average Bonchev–Trinajstić information content (AvgIpc) is 2.28. The standard InChI is InChI=1S/C11H16FN3O2/c1-8(4-6-16)15-11(17)14-7-10-9(12)3-2-5-13-10/h2-3,5,8,16H,4,6-7H2,1H3,(H2,14,15,17)/t8-/m1/s1. The van der Waals surface area contributed by atoms with E-state index in [1.54, 1.807) is 6.92 Å². The van der Waals surface area contributed by atoms with E-state index in [1.165, 1.54) is 18.3 Å². The highest BCUT2D eigenvalue weighted by Gasteiger charge is 2.08. The first kappa shape index (κ1) is 13.4. The molecule has 0 saturated heterocycles. The number of aliphatic hydroxyl groups excluding tert-OH is 1. The summed E-state index contributed by atoms with van der Waals surface area (Å²) in [7, 11) is 0. The number of carbonyl (C=O) groups excluding carboxylic acids is 1. The van der Waals surface area contributed by atoms with Gasteiger partial charge in [-0.15, -0.1) is 0 Å². The maximum Gasteiger partial charge on any atom is 0.315 e. The molecule has 6 heteroatoms. The summed E-state index contributed by atoms with van der Waals surface area (Å²) in [5.74, 6) is -0.448. The highest BCUT2D eigenvalue weighted by atomic mass is 19.1. The van der Waals surface area contributed by atoms with Crippen LogP contribution >= 0.6 is 0 Å². The molecule has 1 aromatic rings. The largest absolute Gasteiger partial charge is 0.396 e. The van der Waals surface area contributed by atoms with Crippen molar-refractivity contribution in [2.75, 3.05) is 6.61 Å². The molecule has 0 saturated carbocycles. The lowest BCUT2D eigenvalue weighted by Crippen LogP contribution is -2.41. The molecule has 0 aromatic carbocycles. The summed E-state index contributed by atoms with van der Waals surface area (Å²) in [5.41, 5.74) is 0.192. The van der Waals surface area contributed by atoms with Crippen molar-refractivity contribution in [3.05, 3.63) is 29.8 Å². The summed E-state index contributed by atoms with van der Waals surface area (Å²) in [5, 5.41) is 13.8. The number of nitrogens with zero attached hydrogens (tertiary/aromatic N) is 1. The highest BCUT2D eigenvalue weighted by molar-refractivity contribution is 5.74. The Labute approximate surface area is 99.1 Å². The van der Waals surface area contributed by atoms with Gasteiger partial charge in [0.1, 0.15) is 5.82 Å². The van der Waals surface area contributed by atoms with Gasteiger partial charge in [-0.25, -0.2) is 9.18 Å². The molecule has 0 aliphatic heterocycles. The molecule has 3 N–H and O–H groups in total. The molecule has 0 aliphatic carbocycles. The Balaban J connectivity index is 2.36. The normalized spacial score (nSPS) is 11.9. The maximum absolute atomic E-state index is 13.2. The molecule has 0 spiro atoms. The smallest absolute Gasteiger partial charge is 0.315 e. The Morgan fingerprint density at radius 2 is 2.41 bits per heavy atom. The van der Waals surface area contributed by atoms with E-state index < -0.39 is 11.8 Å². The zero-order valence-corrected chi connectivity index (χ0v) is 9.61. The summed E-state index contributed by atoms with van der Waals surface area (Å²) in [6, 6.07) is 2.24. The Bertz CT molecular complexity index is 373. The van der Waals surface area contributed by atoms with Crippen molar-refractivity contribution in [1.29, 1.82) is 0 Å². The first-order valence-electron chi connectivity index (χ1n) is 5.38. The Morgan fingerprint density at radius 3 is 3.06 bits per heavy atom. The number of rotatable bonds is 5. The molecule has 94 valence electrons. The quantitative estimate of drug-likeness (QED) is 0.713. The number of amides is 2. The van der Waals surface area contributed by atoms with Gasteiger partial charge in [0.15, 0.2) is 0 Å². The monoisotopic (exact) mass is 241 g/mol. The first-order valence-corrected chi connectivity index (χ1v) is 5.38. The zero-order chi connectivity index (χ0) is 12.7. The molecule has 1 heterocycles. The van der Waals surface area contributed by atoms with E-state index in [0.717, 1.165) is 0 Å². The molecule has 1 atom stereocenters. The Hall–Kier alpha value is -1.69. The molecule has 1 rings (SSSR count). The Kier molecular flexibility index (Phi) is 5.35. The molecular weight excluding hydrogens is 225 g/mol. The number of hydrogen-bond acceptors (Lipinski definition) is 3. The molecule has 5 nitrogen and oxygen atoms in total. The minimum absolute atomic E-state index is 0.0102. The molecule has 17 heavy (non-hydrogen) atoms. The van der Waals surface area contributed by atoms with Crippen molar-refractivity contribution >= 4 is 6.03 Å². The lowest BCUT2D eigenvalue weighted by molar-refractivity contribution is 0.230. The maximum atomic E-state index is 13.2. The fourth-order valence-corrected chi connectivity index (χ4v) is 1.25. The molecule has 0 aliphatic rings. The Morgan fingerprint density at radius 1 is 1.65 bits per heavy atom. The van der Waals surface area contributed by atoms with Crippen molar-refractivity contribution in [2.24, 2.45) is 0 Å². The van der Waals surface area contributed by atoms with Crippen LogP contribution in [0.5, 0.6) is 0 Å². The summed E-state index contributed by atoms with van der Waals surface area (Å²) in [4.78, 5) is 15.2. The number of urea groups is 1. The van der Waals surface area contributed by atoms with Crippen molar-refractivity contribution in [2.45, 2.75) is 25.9 Å². The van der Waals surface area contributed by atoms with Crippen molar-refractivity contribution in [3.63, 3.8) is 0 Å². The third-order valence-electron chi connectivity index (χ3n) is 2.19. The van der Waals surface area contributed by atoms with Crippen LogP contribution in [0.3, 0.4) is 0 Å². The van der Waals surface area contributed by atoms with E-state index in [1.807, 2.05) is 0 Å². The number of pyridine rings is 1. The van der Waals surface area contributed by atoms with Gasteiger partial charge < -0.3 is 15.7 Å². The third-order valence-corrected chi connectivity index (χ3v) is 2.19. The van der Waals surface area contributed by atoms with E-state index in [4.69, 9.17) is 5.11 Å². The summed E-state index contributed by atoms with van der Waals surface area (Å²) < 4.78 is 13.2. The van der Waals surface area contributed by atoms with E-state index in [-0.39, 0.29) is 24.9 Å². The summed E-state index contributed by atoms with van der Waals surface area (Å²) in [6.07, 6.45) is 1.94. The predicted molar refractivity (Wildman–Crippen MR) is 60.7 cm³/mol. The van der Waals surface area contributed by atoms with Crippen LogP contribution in [0.25, 0.3) is 0 Å². The summed E-state index contributed by atoms with van der Waals surface area (Å²) >= 11 is 0. The second-order valence-corrected chi connectivity index (χ2v) is 3.67. The fourth-order valence-electron chi connectivity index (χ4n) is 1.25. The lowest BCUT2D eigenvalue weighted by Gasteiger charge is -2.13. The van der Waals surface area contributed by atoms with Crippen molar-refractivity contribution < 1.29 is 14.3 Å². The van der Waals surface area contributed by atoms with Gasteiger partial charge in [0.05, 0.1) is 12.2 Å². The average molecular weight is 241 g/mol. The number of halogens is 1. The van der Waals surface area contributed by atoms with Crippen LogP contribution in [0.15, 0.2) is 18.3 Å².